The number of aliphatic carboxylic acids is 1. The van der Waals surface area contributed by atoms with Gasteiger partial charge in [0.25, 0.3) is 0 Å². The van der Waals surface area contributed by atoms with Gasteiger partial charge in [-0.25, -0.2) is 4.79 Å². The molecular formula is C13H17N3O3. The van der Waals surface area contributed by atoms with Gasteiger partial charge in [-0.2, -0.15) is 10.2 Å². The summed E-state index contributed by atoms with van der Waals surface area (Å²) < 4.78 is 0. The molecule has 0 bridgehead atoms. The highest BCUT2D eigenvalue weighted by molar-refractivity contribution is 5.84. The van der Waals surface area contributed by atoms with Gasteiger partial charge in [0, 0.05) is 32.2 Å². The lowest BCUT2D eigenvalue weighted by molar-refractivity contribution is -0.148. The summed E-state index contributed by atoms with van der Waals surface area (Å²) >= 11 is 0. The zero-order valence-electron chi connectivity index (χ0n) is 10.7. The van der Waals surface area contributed by atoms with Crippen molar-refractivity contribution in [1.29, 1.82) is 0 Å². The van der Waals surface area contributed by atoms with Crippen molar-refractivity contribution < 1.29 is 14.7 Å². The molecule has 102 valence electrons. The van der Waals surface area contributed by atoms with Crippen LogP contribution < -0.4 is 0 Å². The monoisotopic (exact) mass is 263 g/mol. The van der Waals surface area contributed by atoms with Gasteiger partial charge in [0.15, 0.2) is 5.66 Å². The number of hydrogen-bond acceptors (Lipinski definition) is 4. The molecule has 0 radical (unpaired) electrons. The fourth-order valence-corrected chi connectivity index (χ4v) is 2.44. The lowest BCUT2D eigenvalue weighted by atomic mass is 10.0. The molecule has 1 saturated heterocycles. The lowest BCUT2D eigenvalue weighted by Crippen LogP contribution is -2.40. The largest absolute Gasteiger partial charge is 0.480 e. The zero-order chi connectivity index (χ0) is 13.9. The molecule has 0 unspecified atom stereocenters. The van der Waals surface area contributed by atoms with E-state index in [0.717, 1.165) is 6.42 Å². The van der Waals surface area contributed by atoms with Crippen molar-refractivity contribution in [3.63, 3.8) is 0 Å². The number of carbonyl (C=O) groups is 2. The second-order valence-electron chi connectivity index (χ2n) is 4.97. The van der Waals surface area contributed by atoms with Crippen molar-refractivity contribution in [1.82, 2.24) is 4.90 Å². The summed E-state index contributed by atoms with van der Waals surface area (Å²) in [6.45, 7) is 0.529. The van der Waals surface area contributed by atoms with E-state index < -0.39 is 17.7 Å². The third kappa shape index (κ3) is 3.11. The summed E-state index contributed by atoms with van der Waals surface area (Å²) in [4.78, 5) is 24.5. The quantitative estimate of drug-likeness (QED) is 0.736. The molecule has 19 heavy (non-hydrogen) atoms. The van der Waals surface area contributed by atoms with E-state index in [0.29, 0.717) is 32.2 Å². The Labute approximate surface area is 111 Å². The van der Waals surface area contributed by atoms with Crippen molar-refractivity contribution in [2.45, 2.75) is 50.2 Å². The van der Waals surface area contributed by atoms with Crippen LogP contribution in [0.1, 0.15) is 38.5 Å². The molecule has 6 heteroatoms. The number of hydrogen-bond donors (Lipinski definition) is 1. The number of likely N-dealkylation sites (tertiary alicyclic amines) is 1. The van der Waals surface area contributed by atoms with E-state index in [1.807, 2.05) is 0 Å². The van der Waals surface area contributed by atoms with Crippen molar-refractivity contribution >= 4 is 11.9 Å². The van der Waals surface area contributed by atoms with E-state index in [-0.39, 0.29) is 12.3 Å². The molecule has 2 heterocycles. The van der Waals surface area contributed by atoms with Gasteiger partial charge in [-0.3, -0.25) is 4.79 Å². The first-order valence-electron chi connectivity index (χ1n) is 6.48. The Balaban J connectivity index is 1.82. The third-order valence-electron chi connectivity index (χ3n) is 3.65. The van der Waals surface area contributed by atoms with Gasteiger partial charge in [-0.1, -0.05) is 0 Å². The van der Waals surface area contributed by atoms with Gasteiger partial charge in [0.1, 0.15) is 6.04 Å². The molecule has 0 spiro atoms. The SMILES string of the molecule is C#CCCC1(CCC(=O)N2CCC[C@@H]2C(=O)O)N=N1. The Morgan fingerprint density at radius 2 is 2.16 bits per heavy atom. The molecule has 2 aliphatic rings. The van der Waals surface area contributed by atoms with Gasteiger partial charge in [-0.05, 0) is 12.8 Å². The Bertz CT molecular complexity index is 447. The predicted octanol–water partition coefficient (Wildman–Crippen LogP) is 1.42. The van der Waals surface area contributed by atoms with Crippen LogP contribution in [0.2, 0.25) is 0 Å². The first kappa shape index (κ1) is 13.5. The Hall–Kier alpha value is -1.90. The highest BCUT2D eigenvalue weighted by Gasteiger charge is 2.41. The van der Waals surface area contributed by atoms with Crippen LogP contribution >= 0.6 is 0 Å². The molecule has 1 N–H and O–H groups in total. The maximum absolute atomic E-state index is 12.0. The number of carboxylic acid groups (broad SMARTS) is 1. The smallest absolute Gasteiger partial charge is 0.326 e. The summed E-state index contributed by atoms with van der Waals surface area (Å²) in [5.74, 6) is 1.49. The molecule has 0 aromatic carbocycles. The Kier molecular flexibility index (Phi) is 3.84. The van der Waals surface area contributed by atoms with E-state index in [2.05, 4.69) is 16.1 Å². The van der Waals surface area contributed by atoms with Gasteiger partial charge in [0.2, 0.25) is 5.91 Å². The Morgan fingerprint density at radius 3 is 2.74 bits per heavy atom. The van der Waals surface area contributed by atoms with Crippen LogP contribution in [0.3, 0.4) is 0 Å². The van der Waals surface area contributed by atoms with Crippen LogP contribution in [0.25, 0.3) is 0 Å². The van der Waals surface area contributed by atoms with Gasteiger partial charge >= 0.3 is 5.97 Å². The maximum Gasteiger partial charge on any atom is 0.326 e. The summed E-state index contributed by atoms with van der Waals surface area (Å²) in [6, 6.07) is -0.665. The molecule has 2 rings (SSSR count). The van der Waals surface area contributed by atoms with Crippen LogP contribution in [-0.4, -0.2) is 40.1 Å². The highest BCUT2D eigenvalue weighted by atomic mass is 16.4. The van der Waals surface area contributed by atoms with E-state index in [9.17, 15) is 9.59 Å². The minimum Gasteiger partial charge on any atom is -0.480 e. The molecule has 0 aliphatic carbocycles. The van der Waals surface area contributed by atoms with E-state index in [4.69, 9.17) is 11.5 Å². The topological polar surface area (TPSA) is 82.3 Å². The van der Waals surface area contributed by atoms with Crippen LogP contribution in [0.4, 0.5) is 0 Å². The number of amides is 1. The molecule has 0 aromatic heterocycles. The summed E-state index contributed by atoms with van der Waals surface area (Å²) in [6.07, 6.45) is 8.54. The van der Waals surface area contributed by atoms with Gasteiger partial charge < -0.3 is 10.0 Å². The van der Waals surface area contributed by atoms with E-state index >= 15 is 0 Å². The fourth-order valence-electron chi connectivity index (χ4n) is 2.44. The van der Waals surface area contributed by atoms with Crippen LogP contribution in [0.5, 0.6) is 0 Å². The van der Waals surface area contributed by atoms with Crippen molar-refractivity contribution in [3.05, 3.63) is 0 Å². The van der Waals surface area contributed by atoms with Gasteiger partial charge in [-0.15, -0.1) is 12.3 Å². The number of nitrogens with zero attached hydrogens (tertiary/aromatic N) is 3. The van der Waals surface area contributed by atoms with Crippen LogP contribution in [-0.2, 0) is 9.59 Å². The molecule has 0 aromatic rings. The second kappa shape index (κ2) is 5.39. The maximum atomic E-state index is 12.0. The fraction of sp³-hybridized carbons (Fsp3) is 0.692. The third-order valence-corrected chi connectivity index (χ3v) is 3.65. The van der Waals surface area contributed by atoms with Crippen molar-refractivity contribution in [2.24, 2.45) is 10.2 Å². The van der Waals surface area contributed by atoms with Crippen LogP contribution in [0.15, 0.2) is 10.2 Å². The number of carboxylic acids is 1. The molecular weight excluding hydrogens is 246 g/mol. The summed E-state index contributed by atoms with van der Waals surface area (Å²) in [7, 11) is 0. The Morgan fingerprint density at radius 1 is 1.42 bits per heavy atom. The van der Waals surface area contributed by atoms with Crippen molar-refractivity contribution in [3.8, 4) is 12.3 Å². The molecule has 1 fully saturated rings. The van der Waals surface area contributed by atoms with E-state index in [1.165, 1.54) is 4.90 Å². The molecule has 2 aliphatic heterocycles. The summed E-state index contributed by atoms with van der Waals surface area (Å²) in [5.41, 5.74) is -0.472. The average Bonchev–Trinajstić information content (AvgIpc) is 2.97. The number of rotatable bonds is 6. The second-order valence-corrected chi connectivity index (χ2v) is 4.97. The standard InChI is InChI=1S/C13H17N3O3/c1-2-3-7-13(14-15-13)8-6-11(17)16-9-4-5-10(16)12(18)19/h1,10H,3-9H2,(H,18,19)/t10-/m1/s1. The number of terminal acetylenes is 1. The molecule has 0 saturated carbocycles. The molecule has 1 atom stereocenters. The first-order valence-corrected chi connectivity index (χ1v) is 6.48. The average molecular weight is 263 g/mol. The molecule has 1 amide bonds. The minimum absolute atomic E-state index is 0.123. The number of carbonyl (C=O) groups excluding carboxylic acids is 1. The van der Waals surface area contributed by atoms with Crippen LogP contribution in [0, 0.1) is 12.3 Å². The highest BCUT2D eigenvalue weighted by Crippen LogP contribution is 2.38. The molecule has 6 nitrogen and oxygen atoms in total. The van der Waals surface area contributed by atoms with Gasteiger partial charge in [0.05, 0.1) is 0 Å². The zero-order valence-corrected chi connectivity index (χ0v) is 10.7. The predicted molar refractivity (Wildman–Crippen MR) is 67.3 cm³/mol. The summed E-state index contributed by atoms with van der Waals surface area (Å²) in [5, 5.41) is 17.0. The van der Waals surface area contributed by atoms with E-state index in [1.54, 1.807) is 0 Å². The first-order chi connectivity index (χ1) is 9.08. The van der Waals surface area contributed by atoms with Crippen molar-refractivity contribution in [2.75, 3.05) is 6.54 Å². The normalized spacial score (nSPS) is 23.1. The lowest BCUT2D eigenvalue weighted by Gasteiger charge is -2.21. The minimum atomic E-state index is -0.923.